The highest BCUT2D eigenvalue weighted by molar-refractivity contribution is 7.89. The van der Waals surface area contributed by atoms with Crippen LogP contribution in [-0.2, 0) is 10.0 Å². The number of benzene rings is 2. The minimum atomic E-state index is -3.46. The van der Waals surface area contributed by atoms with Gasteiger partial charge in [0.25, 0.3) is 0 Å². The lowest BCUT2D eigenvalue weighted by molar-refractivity contribution is 0.485. The molecule has 0 aliphatic heterocycles. The fraction of sp³-hybridized carbons (Fsp3) is 0.333. The predicted molar refractivity (Wildman–Crippen MR) is 90.4 cm³/mol. The normalized spacial score (nSPS) is 13.3. The molecule has 3 nitrogen and oxygen atoms in total. The molecule has 0 fully saturated rings. The van der Waals surface area contributed by atoms with Crippen LogP contribution in [0.1, 0.15) is 30.9 Å². The van der Waals surface area contributed by atoms with Gasteiger partial charge < -0.3 is 0 Å². The van der Waals surface area contributed by atoms with Crippen LogP contribution in [0.25, 0.3) is 0 Å². The molecule has 2 aromatic rings. The van der Waals surface area contributed by atoms with Crippen molar-refractivity contribution in [1.29, 1.82) is 0 Å². The standard InChI is InChI=1S/C18H23NO2S/c1-14(2)18(16-7-5-4-6-8-16)13-19-22(20,21)17-11-9-15(3)10-12-17/h4-12,14,18-19H,13H2,1-3H3/t18-/m1/s1. The number of sulfonamides is 1. The number of rotatable bonds is 6. The minimum Gasteiger partial charge on any atom is -0.211 e. The number of hydrogen-bond acceptors (Lipinski definition) is 2. The lowest BCUT2D eigenvalue weighted by Gasteiger charge is -2.22. The van der Waals surface area contributed by atoms with Crippen LogP contribution >= 0.6 is 0 Å². The summed E-state index contributed by atoms with van der Waals surface area (Å²) in [4.78, 5) is 0.314. The van der Waals surface area contributed by atoms with Crippen molar-refractivity contribution in [2.45, 2.75) is 31.6 Å². The first kappa shape index (κ1) is 16.7. The van der Waals surface area contributed by atoms with Crippen LogP contribution in [0.2, 0.25) is 0 Å². The Kier molecular flexibility index (Phi) is 5.37. The van der Waals surface area contributed by atoms with E-state index in [1.54, 1.807) is 12.1 Å². The molecule has 0 saturated carbocycles. The second-order valence-electron chi connectivity index (χ2n) is 5.93. The zero-order valence-electron chi connectivity index (χ0n) is 13.3. The summed E-state index contributed by atoms with van der Waals surface area (Å²) in [5, 5.41) is 0. The third-order valence-corrected chi connectivity index (χ3v) is 5.30. The van der Waals surface area contributed by atoms with Crippen LogP contribution in [-0.4, -0.2) is 15.0 Å². The first-order valence-corrected chi connectivity index (χ1v) is 9.00. The summed E-state index contributed by atoms with van der Waals surface area (Å²) in [6.07, 6.45) is 0. The Morgan fingerprint density at radius 1 is 0.955 bits per heavy atom. The van der Waals surface area contributed by atoms with Gasteiger partial charge in [0.05, 0.1) is 4.90 Å². The van der Waals surface area contributed by atoms with Crippen molar-refractivity contribution in [3.05, 3.63) is 65.7 Å². The smallest absolute Gasteiger partial charge is 0.211 e. The van der Waals surface area contributed by atoms with Gasteiger partial charge in [0, 0.05) is 6.54 Å². The van der Waals surface area contributed by atoms with Crippen LogP contribution in [0.5, 0.6) is 0 Å². The van der Waals surface area contributed by atoms with E-state index in [1.807, 2.05) is 49.4 Å². The first-order valence-electron chi connectivity index (χ1n) is 7.51. The van der Waals surface area contributed by atoms with Gasteiger partial charge in [-0.1, -0.05) is 61.9 Å². The molecule has 118 valence electrons. The van der Waals surface area contributed by atoms with Crippen molar-refractivity contribution >= 4 is 10.0 Å². The van der Waals surface area contributed by atoms with Crippen LogP contribution < -0.4 is 4.72 Å². The maximum absolute atomic E-state index is 12.4. The van der Waals surface area contributed by atoms with Crippen molar-refractivity contribution in [2.24, 2.45) is 5.92 Å². The van der Waals surface area contributed by atoms with Gasteiger partial charge in [-0.2, -0.15) is 0 Å². The molecule has 0 aliphatic carbocycles. The first-order chi connectivity index (χ1) is 10.4. The highest BCUT2D eigenvalue weighted by Crippen LogP contribution is 2.24. The lowest BCUT2D eigenvalue weighted by atomic mass is 9.89. The van der Waals surface area contributed by atoms with Gasteiger partial charge in [-0.3, -0.25) is 0 Å². The summed E-state index contributed by atoms with van der Waals surface area (Å²) in [6.45, 7) is 6.56. The van der Waals surface area contributed by atoms with E-state index in [1.165, 1.54) is 0 Å². The molecule has 22 heavy (non-hydrogen) atoms. The van der Waals surface area contributed by atoms with Gasteiger partial charge in [0.1, 0.15) is 0 Å². The Hall–Kier alpha value is -1.65. The van der Waals surface area contributed by atoms with Gasteiger partial charge in [-0.05, 0) is 36.5 Å². The Labute approximate surface area is 133 Å². The Balaban J connectivity index is 2.14. The second kappa shape index (κ2) is 7.07. The molecule has 0 amide bonds. The number of nitrogens with one attached hydrogen (secondary N) is 1. The molecule has 4 heteroatoms. The summed E-state index contributed by atoms with van der Waals surface area (Å²) in [7, 11) is -3.46. The maximum atomic E-state index is 12.4. The average Bonchev–Trinajstić information content (AvgIpc) is 2.48. The van der Waals surface area contributed by atoms with Crippen molar-refractivity contribution in [2.75, 3.05) is 6.54 Å². The van der Waals surface area contributed by atoms with Gasteiger partial charge >= 0.3 is 0 Å². The van der Waals surface area contributed by atoms with E-state index in [2.05, 4.69) is 18.6 Å². The Bertz CT molecular complexity index is 692. The SMILES string of the molecule is Cc1ccc(S(=O)(=O)NC[C@@H](c2ccccc2)C(C)C)cc1. The monoisotopic (exact) mass is 317 g/mol. The molecule has 0 unspecified atom stereocenters. The van der Waals surface area contributed by atoms with Crippen molar-refractivity contribution in [3.8, 4) is 0 Å². The predicted octanol–water partition coefficient (Wildman–Crippen LogP) is 3.71. The van der Waals surface area contributed by atoms with Gasteiger partial charge in [-0.25, -0.2) is 13.1 Å². The number of hydrogen-bond donors (Lipinski definition) is 1. The minimum absolute atomic E-state index is 0.154. The van der Waals surface area contributed by atoms with E-state index in [9.17, 15) is 8.42 Å². The largest absolute Gasteiger partial charge is 0.240 e. The zero-order valence-corrected chi connectivity index (χ0v) is 14.1. The van der Waals surface area contributed by atoms with Gasteiger partial charge in [0.2, 0.25) is 10.0 Å². The highest BCUT2D eigenvalue weighted by atomic mass is 32.2. The van der Waals surface area contributed by atoms with Crippen molar-refractivity contribution in [1.82, 2.24) is 4.72 Å². The van der Waals surface area contributed by atoms with Crippen LogP contribution in [0.4, 0.5) is 0 Å². The molecular formula is C18H23NO2S. The van der Waals surface area contributed by atoms with E-state index < -0.39 is 10.0 Å². The highest BCUT2D eigenvalue weighted by Gasteiger charge is 2.20. The summed E-state index contributed by atoms with van der Waals surface area (Å²) in [5.74, 6) is 0.504. The Morgan fingerprint density at radius 2 is 1.55 bits per heavy atom. The molecule has 0 radical (unpaired) electrons. The molecule has 0 aromatic heterocycles. The van der Waals surface area contributed by atoms with E-state index in [0.29, 0.717) is 17.4 Å². The van der Waals surface area contributed by atoms with E-state index in [0.717, 1.165) is 11.1 Å². The molecule has 0 heterocycles. The molecule has 0 aliphatic rings. The molecule has 2 rings (SSSR count). The third kappa shape index (κ3) is 4.18. The molecule has 1 N–H and O–H groups in total. The van der Waals surface area contributed by atoms with Gasteiger partial charge in [0.15, 0.2) is 0 Å². The summed E-state index contributed by atoms with van der Waals surface area (Å²) < 4.78 is 27.5. The van der Waals surface area contributed by atoms with E-state index in [-0.39, 0.29) is 5.92 Å². The van der Waals surface area contributed by atoms with Crippen LogP contribution in [0.15, 0.2) is 59.5 Å². The number of aryl methyl sites for hydroxylation is 1. The summed E-state index contributed by atoms with van der Waals surface area (Å²) in [5.41, 5.74) is 2.20. The molecule has 0 saturated heterocycles. The molecule has 0 spiro atoms. The molecule has 2 aromatic carbocycles. The second-order valence-corrected chi connectivity index (χ2v) is 7.69. The Morgan fingerprint density at radius 3 is 2.09 bits per heavy atom. The van der Waals surface area contributed by atoms with Crippen LogP contribution in [0, 0.1) is 12.8 Å². The average molecular weight is 317 g/mol. The fourth-order valence-electron chi connectivity index (χ4n) is 2.44. The third-order valence-electron chi connectivity index (χ3n) is 3.86. The lowest BCUT2D eigenvalue weighted by Crippen LogP contribution is -2.30. The summed E-state index contributed by atoms with van der Waals surface area (Å²) in [6, 6.07) is 16.9. The quantitative estimate of drug-likeness (QED) is 0.882. The maximum Gasteiger partial charge on any atom is 0.240 e. The van der Waals surface area contributed by atoms with Crippen molar-refractivity contribution < 1.29 is 8.42 Å². The molecule has 0 bridgehead atoms. The zero-order chi connectivity index (χ0) is 16.2. The fourth-order valence-corrected chi connectivity index (χ4v) is 3.50. The topological polar surface area (TPSA) is 46.2 Å². The van der Waals surface area contributed by atoms with E-state index >= 15 is 0 Å². The van der Waals surface area contributed by atoms with Gasteiger partial charge in [-0.15, -0.1) is 0 Å². The van der Waals surface area contributed by atoms with Crippen LogP contribution in [0.3, 0.4) is 0 Å². The van der Waals surface area contributed by atoms with E-state index in [4.69, 9.17) is 0 Å². The molecular weight excluding hydrogens is 294 g/mol. The molecule has 1 atom stereocenters. The summed E-state index contributed by atoms with van der Waals surface area (Å²) >= 11 is 0. The van der Waals surface area contributed by atoms with Crippen molar-refractivity contribution in [3.63, 3.8) is 0 Å².